The maximum absolute atomic E-state index is 12.5. The molecule has 0 N–H and O–H groups in total. The van der Waals surface area contributed by atoms with Crippen LogP contribution >= 0.6 is 0 Å². The fourth-order valence-electron chi connectivity index (χ4n) is 4.49. The van der Waals surface area contributed by atoms with E-state index < -0.39 is 0 Å². The van der Waals surface area contributed by atoms with Crippen molar-refractivity contribution in [3.05, 3.63) is 35.4 Å². The summed E-state index contributed by atoms with van der Waals surface area (Å²) in [4.78, 5) is 19.6. The van der Waals surface area contributed by atoms with Crippen LogP contribution < -0.4 is 0 Å². The monoisotopic (exact) mass is 373 g/mol. The third-order valence-corrected chi connectivity index (χ3v) is 6.49. The summed E-state index contributed by atoms with van der Waals surface area (Å²) in [6.45, 7) is 8.57. The van der Waals surface area contributed by atoms with Crippen molar-refractivity contribution in [3.8, 4) is 0 Å². The summed E-state index contributed by atoms with van der Waals surface area (Å²) >= 11 is 0. The first kappa shape index (κ1) is 20.3. The van der Waals surface area contributed by atoms with Gasteiger partial charge in [0.15, 0.2) is 0 Å². The third kappa shape index (κ3) is 4.89. The van der Waals surface area contributed by atoms with Gasteiger partial charge in [-0.25, -0.2) is 0 Å². The molecule has 1 aromatic carbocycles. The molecule has 5 heteroatoms. The average Bonchev–Trinajstić information content (AvgIpc) is 2.84. The minimum atomic E-state index is 0.110. The number of hydrogen-bond acceptors (Lipinski definition) is 4. The van der Waals surface area contributed by atoms with Crippen LogP contribution in [0.25, 0.3) is 0 Å². The van der Waals surface area contributed by atoms with E-state index in [2.05, 4.69) is 48.0 Å². The summed E-state index contributed by atoms with van der Waals surface area (Å²) in [5, 5.41) is 0. The molecule has 0 aliphatic carbocycles. The second-order valence-electron chi connectivity index (χ2n) is 8.15. The van der Waals surface area contributed by atoms with Crippen molar-refractivity contribution in [1.82, 2.24) is 14.7 Å². The number of likely N-dealkylation sites (tertiary alicyclic amines) is 1. The summed E-state index contributed by atoms with van der Waals surface area (Å²) in [7, 11) is 3.94. The normalized spacial score (nSPS) is 25.1. The van der Waals surface area contributed by atoms with Gasteiger partial charge in [-0.2, -0.15) is 0 Å². The van der Waals surface area contributed by atoms with E-state index in [-0.39, 0.29) is 11.4 Å². The van der Waals surface area contributed by atoms with E-state index in [1.54, 1.807) is 7.11 Å². The van der Waals surface area contributed by atoms with Gasteiger partial charge in [0, 0.05) is 58.3 Å². The van der Waals surface area contributed by atoms with Crippen molar-refractivity contribution in [3.63, 3.8) is 0 Å². The van der Waals surface area contributed by atoms with Gasteiger partial charge >= 0.3 is 0 Å². The Kier molecular flexibility index (Phi) is 6.90. The van der Waals surface area contributed by atoms with Crippen molar-refractivity contribution in [2.45, 2.75) is 44.7 Å². The summed E-state index contributed by atoms with van der Waals surface area (Å²) in [5.41, 5.74) is 2.89. The van der Waals surface area contributed by atoms with E-state index in [1.807, 2.05) is 4.90 Å². The quantitative estimate of drug-likeness (QED) is 0.767. The van der Waals surface area contributed by atoms with Crippen molar-refractivity contribution in [1.29, 1.82) is 0 Å². The molecule has 0 aromatic heterocycles. The van der Waals surface area contributed by atoms with Crippen LogP contribution in [-0.2, 0) is 22.5 Å². The van der Waals surface area contributed by atoms with E-state index in [0.717, 1.165) is 52.0 Å². The Balaban J connectivity index is 1.65. The van der Waals surface area contributed by atoms with Crippen molar-refractivity contribution in [2.24, 2.45) is 0 Å². The van der Waals surface area contributed by atoms with E-state index in [9.17, 15) is 4.79 Å². The Bertz CT molecular complexity index is 618. The van der Waals surface area contributed by atoms with Gasteiger partial charge in [0.1, 0.15) is 0 Å². The largest absolute Gasteiger partial charge is 0.383 e. The fourth-order valence-corrected chi connectivity index (χ4v) is 4.49. The lowest BCUT2D eigenvalue weighted by Crippen LogP contribution is -2.60. The zero-order valence-electron chi connectivity index (χ0n) is 17.2. The highest BCUT2D eigenvalue weighted by Gasteiger charge is 2.42. The van der Waals surface area contributed by atoms with Crippen molar-refractivity contribution < 1.29 is 9.53 Å². The molecule has 1 aromatic rings. The molecule has 2 heterocycles. The fraction of sp³-hybridized carbons (Fsp3) is 0.682. The van der Waals surface area contributed by atoms with E-state index in [1.165, 1.54) is 11.1 Å². The predicted octanol–water partition coefficient (Wildman–Crippen LogP) is 2.39. The lowest BCUT2D eigenvalue weighted by atomic mass is 9.86. The van der Waals surface area contributed by atoms with Gasteiger partial charge in [0.25, 0.3) is 0 Å². The highest BCUT2D eigenvalue weighted by molar-refractivity contribution is 5.76. The molecule has 2 aliphatic heterocycles. The molecule has 1 atom stereocenters. The number of amides is 1. The minimum absolute atomic E-state index is 0.110. The van der Waals surface area contributed by atoms with Crippen LogP contribution in [0.4, 0.5) is 0 Å². The molecule has 3 rings (SSSR count). The first-order valence-corrected chi connectivity index (χ1v) is 10.3. The van der Waals surface area contributed by atoms with Crippen LogP contribution in [0.2, 0.25) is 0 Å². The summed E-state index contributed by atoms with van der Waals surface area (Å²) in [5.74, 6) is 0.282. The zero-order chi connectivity index (χ0) is 19.3. The molecule has 150 valence electrons. The maximum atomic E-state index is 12.5. The lowest BCUT2D eigenvalue weighted by molar-refractivity contribution is -0.131. The maximum Gasteiger partial charge on any atom is 0.222 e. The Morgan fingerprint density at radius 2 is 1.81 bits per heavy atom. The standard InChI is InChI=1S/C22H35N3O2/c1-4-19-5-7-20(8-6-19)17-24-14-13-23(2)22(18-24)10-9-21(26)25(12-11-22)15-16-27-3/h5-8H,4,9-18H2,1-3H3/t22-/m0/s1. The molecular weight excluding hydrogens is 338 g/mol. The number of aryl methyl sites for hydroxylation is 1. The number of ether oxygens (including phenoxy) is 1. The van der Waals surface area contributed by atoms with E-state index >= 15 is 0 Å². The van der Waals surface area contributed by atoms with Gasteiger partial charge < -0.3 is 9.64 Å². The van der Waals surface area contributed by atoms with Crippen LogP contribution in [0.1, 0.15) is 37.3 Å². The van der Waals surface area contributed by atoms with Gasteiger partial charge in [-0.15, -0.1) is 0 Å². The second-order valence-corrected chi connectivity index (χ2v) is 8.15. The third-order valence-electron chi connectivity index (χ3n) is 6.49. The number of nitrogens with zero attached hydrogens (tertiary/aromatic N) is 3. The van der Waals surface area contributed by atoms with Gasteiger partial charge in [-0.3, -0.25) is 14.6 Å². The van der Waals surface area contributed by atoms with Gasteiger partial charge in [-0.05, 0) is 37.4 Å². The van der Waals surface area contributed by atoms with Crippen LogP contribution in [0.3, 0.4) is 0 Å². The van der Waals surface area contributed by atoms with Crippen LogP contribution in [-0.4, -0.2) is 79.6 Å². The van der Waals surface area contributed by atoms with Gasteiger partial charge in [0.2, 0.25) is 5.91 Å². The summed E-state index contributed by atoms with van der Waals surface area (Å²) in [6.07, 6.45) is 3.74. The lowest BCUT2D eigenvalue weighted by Gasteiger charge is -2.49. The minimum Gasteiger partial charge on any atom is -0.383 e. The Morgan fingerprint density at radius 3 is 2.52 bits per heavy atom. The second kappa shape index (κ2) is 9.18. The van der Waals surface area contributed by atoms with E-state index in [0.29, 0.717) is 19.6 Å². The highest BCUT2D eigenvalue weighted by Crippen LogP contribution is 2.32. The van der Waals surface area contributed by atoms with E-state index in [4.69, 9.17) is 4.74 Å². The van der Waals surface area contributed by atoms with Gasteiger partial charge in [-0.1, -0.05) is 31.2 Å². The smallest absolute Gasteiger partial charge is 0.222 e. The molecular formula is C22H35N3O2. The molecule has 0 radical (unpaired) electrons. The molecule has 27 heavy (non-hydrogen) atoms. The molecule has 0 unspecified atom stereocenters. The molecule has 0 saturated carbocycles. The Labute approximate surface area is 164 Å². The number of piperazine rings is 1. The summed E-state index contributed by atoms with van der Waals surface area (Å²) < 4.78 is 5.18. The number of carbonyl (C=O) groups is 1. The number of benzene rings is 1. The first-order chi connectivity index (χ1) is 13.1. The molecule has 1 amide bonds. The number of methoxy groups -OCH3 is 1. The van der Waals surface area contributed by atoms with Crippen LogP contribution in [0, 0.1) is 0 Å². The Hall–Kier alpha value is -1.43. The number of hydrogen-bond donors (Lipinski definition) is 0. The molecule has 2 saturated heterocycles. The topological polar surface area (TPSA) is 36.0 Å². The van der Waals surface area contributed by atoms with Gasteiger partial charge in [0.05, 0.1) is 6.61 Å². The first-order valence-electron chi connectivity index (χ1n) is 10.3. The number of carbonyl (C=O) groups excluding carboxylic acids is 1. The number of rotatable bonds is 6. The SMILES string of the molecule is CCc1ccc(CN2CCN(C)[C@]3(CCC(=O)N(CCOC)CC3)C2)cc1. The molecule has 1 spiro atoms. The molecule has 0 bridgehead atoms. The molecule has 5 nitrogen and oxygen atoms in total. The zero-order valence-corrected chi connectivity index (χ0v) is 17.2. The van der Waals surface area contributed by atoms with Crippen LogP contribution in [0.15, 0.2) is 24.3 Å². The average molecular weight is 374 g/mol. The summed E-state index contributed by atoms with van der Waals surface area (Å²) in [6, 6.07) is 9.04. The van der Waals surface area contributed by atoms with Crippen molar-refractivity contribution in [2.75, 3.05) is 53.5 Å². The highest BCUT2D eigenvalue weighted by atomic mass is 16.5. The van der Waals surface area contributed by atoms with Crippen LogP contribution in [0.5, 0.6) is 0 Å². The Morgan fingerprint density at radius 1 is 1.07 bits per heavy atom. The molecule has 2 aliphatic rings. The van der Waals surface area contributed by atoms with Crippen molar-refractivity contribution >= 4 is 5.91 Å². The number of likely N-dealkylation sites (N-methyl/N-ethyl adjacent to an activating group) is 1. The predicted molar refractivity (Wildman–Crippen MR) is 109 cm³/mol. The molecule has 2 fully saturated rings.